The van der Waals surface area contributed by atoms with Crippen LogP contribution in [-0.2, 0) is 0 Å². The van der Waals surface area contributed by atoms with E-state index in [-0.39, 0.29) is 5.82 Å². The maximum Gasteiger partial charge on any atom is 0.139 e. The third kappa shape index (κ3) is 1.63. The van der Waals surface area contributed by atoms with Crippen LogP contribution in [0.25, 0.3) is 16.9 Å². The summed E-state index contributed by atoms with van der Waals surface area (Å²) in [5.74, 6) is -0.274. The van der Waals surface area contributed by atoms with Crippen LogP contribution in [0.1, 0.15) is 0 Å². The van der Waals surface area contributed by atoms with Gasteiger partial charge in [-0.05, 0) is 18.2 Å². The summed E-state index contributed by atoms with van der Waals surface area (Å²) in [5, 5.41) is 0. The van der Waals surface area contributed by atoms with Gasteiger partial charge in [0, 0.05) is 29.7 Å². The van der Waals surface area contributed by atoms with Crippen molar-refractivity contribution < 1.29 is 4.39 Å². The lowest BCUT2D eigenvalue weighted by Crippen LogP contribution is -1.87. The SMILES string of the molecule is Nc1ccn2cc(-c3ccccc3F)nc2c1. The van der Waals surface area contributed by atoms with Crippen LogP contribution in [0.4, 0.5) is 10.1 Å². The second-order valence-electron chi connectivity index (χ2n) is 3.83. The summed E-state index contributed by atoms with van der Waals surface area (Å²) in [5.41, 5.74) is 8.13. The Morgan fingerprint density at radius 1 is 1.18 bits per heavy atom. The van der Waals surface area contributed by atoms with Gasteiger partial charge in [-0.2, -0.15) is 0 Å². The zero-order chi connectivity index (χ0) is 11.8. The summed E-state index contributed by atoms with van der Waals surface area (Å²) in [7, 11) is 0. The van der Waals surface area contributed by atoms with Crippen molar-refractivity contribution in [2.24, 2.45) is 0 Å². The van der Waals surface area contributed by atoms with E-state index in [1.807, 2.05) is 10.6 Å². The molecule has 0 amide bonds. The van der Waals surface area contributed by atoms with Gasteiger partial charge in [0.2, 0.25) is 0 Å². The third-order valence-electron chi connectivity index (χ3n) is 2.63. The van der Waals surface area contributed by atoms with Gasteiger partial charge in [0.05, 0.1) is 5.69 Å². The molecular weight excluding hydrogens is 217 g/mol. The molecule has 3 rings (SSSR count). The summed E-state index contributed by atoms with van der Waals surface area (Å²) in [4.78, 5) is 4.35. The Kier molecular flexibility index (Phi) is 2.08. The van der Waals surface area contributed by atoms with E-state index in [1.165, 1.54) is 6.07 Å². The molecule has 2 aromatic heterocycles. The molecule has 2 heterocycles. The fraction of sp³-hybridized carbons (Fsp3) is 0. The van der Waals surface area contributed by atoms with Crippen LogP contribution in [-0.4, -0.2) is 9.38 Å². The highest BCUT2D eigenvalue weighted by Gasteiger charge is 2.08. The number of hydrogen-bond acceptors (Lipinski definition) is 2. The molecule has 0 radical (unpaired) electrons. The number of nitrogens with two attached hydrogens (primary N) is 1. The van der Waals surface area contributed by atoms with Crippen molar-refractivity contribution in [1.29, 1.82) is 0 Å². The Bertz CT molecular complexity index is 688. The normalized spacial score (nSPS) is 10.9. The standard InChI is InChI=1S/C13H10FN3/c14-11-4-2-1-3-10(11)12-8-17-6-5-9(15)7-13(17)16-12/h1-8H,15H2. The highest BCUT2D eigenvalue weighted by atomic mass is 19.1. The molecule has 0 unspecified atom stereocenters. The third-order valence-corrected chi connectivity index (χ3v) is 2.63. The highest BCUT2D eigenvalue weighted by molar-refractivity contribution is 5.64. The molecule has 3 aromatic rings. The van der Waals surface area contributed by atoms with Gasteiger partial charge in [-0.1, -0.05) is 12.1 Å². The van der Waals surface area contributed by atoms with Crippen molar-refractivity contribution in [1.82, 2.24) is 9.38 Å². The van der Waals surface area contributed by atoms with E-state index < -0.39 is 0 Å². The van der Waals surface area contributed by atoms with Gasteiger partial charge in [0.15, 0.2) is 0 Å². The van der Waals surface area contributed by atoms with Crippen LogP contribution in [0.5, 0.6) is 0 Å². The van der Waals surface area contributed by atoms with E-state index in [0.717, 1.165) is 0 Å². The predicted octanol–water partition coefficient (Wildman–Crippen LogP) is 2.72. The largest absolute Gasteiger partial charge is 0.399 e. The van der Waals surface area contributed by atoms with Crippen molar-refractivity contribution in [2.45, 2.75) is 0 Å². The molecule has 0 fully saturated rings. The Hall–Kier alpha value is -2.36. The molecule has 0 atom stereocenters. The van der Waals surface area contributed by atoms with Crippen LogP contribution >= 0.6 is 0 Å². The van der Waals surface area contributed by atoms with Gasteiger partial charge < -0.3 is 10.1 Å². The molecule has 0 saturated heterocycles. The van der Waals surface area contributed by atoms with Crippen LogP contribution in [0.3, 0.4) is 0 Å². The fourth-order valence-corrected chi connectivity index (χ4v) is 1.80. The molecule has 0 aliphatic rings. The molecule has 0 aliphatic heterocycles. The lowest BCUT2D eigenvalue weighted by Gasteiger charge is -1.96. The molecule has 0 bridgehead atoms. The van der Waals surface area contributed by atoms with Gasteiger partial charge in [-0.25, -0.2) is 9.37 Å². The number of rotatable bonds is 1. The first-order valence-electron chi connectivity index (χ1n) is 5.23. The maximum absolute atomic E-state index is 13.6. The average molecular weight is 227 g/mol. The first kappa shape index (κ1) is 9.84. The molecule has 17 heavy (non-hydrogen) atoms. The molecule has 0 saturated carbocycles. The van der Waals surface area contributed by atoms with Crippen molar-refractivity contribution in [3.05, 3.63) is 54.6 Å². The minimum Gasteiger partial charge on any atom is -0.399 e. The van der Waals surface area contributed by atoms with Crippen LogP contribution in [0.2, 0.25) is 0 Å². The average Bonchev–Trinajstić information content (AvgIpc) is 2.72. The van der Waals surface area contributed by atoms with Crippen LogP contribution in [0.15, 0.2) is 48.8 Å². The zero-order valence-electron chi connectivity index (χ0n) is 8.97. The highest BCUT2D eigenvalue weighted by Crippen LogP contribution is 2.22. The van der Waals surface area contributed by atoms with Crippen molar-refractivity contribution in [3.8, 4) is 11.3 Å². The number of imidazole rings is 1. The molecule has 84 valence electrons. The summed E-state index contributed by atoms with van der Waals surface area (Å²) in [6.45, 7) is 0. The molecule has 1 aromatic carbocycles. The van der Waals surface area contributed by atoms with E-state index >= 15 is 0 Å². The summed E-state index contributed by atoms with van der Waals surface area (Å²) in [6, 6.07) is 10.1. The molecular formula is C13H10FN3. The lowest BCUT2D eigenvalue weighted by molar-refractivity contribution is 0.631. The monoisotopic (exact) mass is 227 g/mol. The number of halogens is 1. The number of aromatic nitrogens is 2. The van der Waals surface area contributed by atoms with Crippen molar-refractivity contribution in [2.75, 3.05) is 5.73 Å². The number of nitrogens with zero attached hydrogens (tertiary/aromatic N) is 2. The summed E-state index contributed by atoms with van der Waals surface area (Å²) < 4.78 is 15.4. The quantitative estimate of drug-likeness (QED) is 0.694. The second kappa shape index (κ2) is 3.59. The molecule has 2 N–H and O–H groups in total. The number of nitrogen functional groups attached to an aromatic ring is 1. The molecule has 0 aliphatic carbocycles. The molecule has 4 heteroatoms. The second-order valence-corrected chi connectivity index (χ2v) is 3.83. The Morgan fingerprint density at radius 2 is 2.00 bits per heavy atom. The number of hydrogen-bond donors (Lipinski definition) is 1. The zero-order valence-corrected chi connectivity index (χ0v) is 8.97. The molecule has 0 spiro atoms. The number of fused-ring (bicyclic) bond motifs is 1. The topological polar surface area (TPSA) is 43.3 Å². The minimum atomic E-state index is -0.274. The predicted molar refractivity (Wildman–Crippen MR) is 65.0 cm³/mol. The van der Waals surface area contributed by atoms with Crippen molar-refractivity contribution >= 4 is 11.3 Å². The van der Waals surface area contributed by atoms with E-state index in [4.69, 9.17) is 5.73 Å². The van der Waals surface area contributed by atoms with Gasteiger partial charge in [0.25, 0.3) is 0 Å². The first-order valence-corrected chi connectivity index (χ1v) is 5.23. The fourth-order valence-electron chi connectivity index (χ4n) is 1.80. The van der Waals surface area contributed by atoms with E-state index in [9.17, 15) is 4.39 Å². The van der Waals surface area contributed by atoms with Crippen LogP contribution in [0, 0.1) is 5.82 Å². The van der Waals surface area contributed by atoms with Gasteiger partial charge in [0.1, 0.15) is 11.5 Å². The first-order chi connectivity index (χ1) is 8.24. The number of pyridine rings is 1. The molecule has 3 nitrogen and oxygen atoms in total. The lowest BCUT2D eigenvalue weighted by atomic mass is 10.1. The summed E-state index contributed by atoms with van der Waals surface area (Å²) in [6.07, 6.45) is 3.59. The van der Waals surface area contributed by atoms with E-state index in [1.54, 1.807) is 36.5 Å². The van der Waals surface area contributed by atoms with Gasteiger partial charge in [-0.3, -0.25) is 0 Å². The van der Waals surface area contributed by atoms with E-state index in [2.05, 4.69) is 4.98 Å². The van der Waals surface area contributed by atoms with Gasteiger partial charge >= 0.3 is 0 Å². The minimum absolute atomic E-state index is 0.274. The summed E-state index contributed by atoms with van der Waals surface area (Å²) >= 11 is 0. The van der Waals surface area contributed by atoms with Gasteiger partial charge in [-0.15, -0.1) is 0 Å². The Labute approximate surface area is 97.3 Å². The van der Waals surface area contributed by atoms with Crippen molar-refractivity contribution in [3.63, 3.8) is 0 Å². The van der Waals surface area contributed by atoms with E-state index in [0.29, 0.717) is 22.6 Å². The Morgan fingerprint density at radius 3 is 2.82 bits per heavy atom. The van der Waals surface area contributed by atoms with Crippen LogP contribution < -0.4 is 5.73 Å². The smallest absolute Gasteiger partial charge is 0.139 e. The number of anilines is 1. The maximum atomic E-state index is 13.6. The Balaban J connectivity index is 2.22. The number of benzene rings is 1.